The van der Waals surface area contributed by atoms with Crippen molar-refractivity contribution in [3.8, 4) is 0 Å². The minimum absolute atomic E-state index is 0.287. The summed E-state index contributed by atoms with van der Waals surface area (Å²) in [7, 11) is 1.68. The fourth-order valence-corrected chi connectivity index (χ4v) is 4.13. The van der Waals surface area contributed by atoms with Gasteiger partial charge in [0.2, 0.25) is 0 Å². The van der Waals surface area contributed by atoms with E-state index in [1.807, 2.05) is 0 Å². The van der Waals surface area contributed by atoms with E-state index in [0.717, 1.165) is 35.4 Å². The molecule has 5 nitrogen and oxygen atoms in total. The highest BCUT2D eigenvalue weighted by Gasteiger charge is 2.50. The topological polar surface area (TPSA) is 49.5 Å². The fraction of sp³-hybridized carbons (Fsp3) is 0.474. The number of nitrogens with one attached hydrogen (secondary N) is 1. The minimum atomic E-state index is -0.306. The Morgan fingerprint density at radius 2 is 2.27 bits per heavy atom. The molecule has 0 radical (unpaired) electrons. The second-order valence-corrected chi connectivity index (χ2v) is 8.29. The molecule has 1 aromatic heterocycles. The van der Waals surface area contributed by atoms with Gasteiger partial charge in [-0.3, -0.25) is 10.2 Å². The van der Waals surface area contributed by atoms with Gasteiger partial charge in [-0.15, -0.1) is 0 Å². The lowest BCUT2D eigenvalue weighted by atomic mass is 9.84. The highest BCUT2D eigenvalue weighted by molar-refractivity contribution is 9.10. The molecule has 0 bridgehead atoms. The van der Waals surface area contributed by atoms with E-state index >= 15 is 0 Å². The molecule has 2 aliphatic rings. The normalized spacial score (nSPS) is 30.8. The summed E-state index contributed by atoms with van der Waals surface area (Å²) in [5.74, 6) is 0.652. The van der Waals surface area contributed by atoms with E-state index in [0.29, 0.717) is 23.1 Å². The van der Waals surface area contributed by atoms with Crippen LogP contribution in [-0.4, -0.2) is 47.7 Å². The van der Waals surface area contributed by atoms with Gasteiger partial charge in [0.1, 0.15) is 17.2 Å². The molecule has 0 spiro atoms. The number of halogens is 2. The summed E-state index contributed by atoms with van der Waals surface area (Å²) in [4.78, 5) is 11.0. The Hall–Kier alpha value is -1.73. The van der Waals surface area contributed by atoms with Crippen LogP contribution in [0.5, 0.6) is 0 Å². The average molecular weight is 421 g/mol. The maximum Gasteiger partial charge on any atom is 0.290 e. The number of hydrogen-bond donors (Lipinski definition) is 1. The molecular formula is C19H22BrFN4O. The summed E-state index contributed by atoms with van der Waals surface area (Å²) in [6, 6.07) is 5.92. The predicted molar refractivity (Wildman–Crippen MR) is 105 cm³/mol. The quantitative estimate of drug-likeness (QED) is 0.452. The van der Waals surface area contributed by atoms with Crippen LogP contribution in [0.1, 0.15) is 20.3 Å². The summed E-state index contributed by atoms with van der Waals surface area (Å²) in [5, 5.41) is 4.33. The Bertz CT molecular complexity index is 889. The highest BCUT2D eigenvalue weighted by atomic mass is 79.9. The van der Waals surface area contributed by atoms with Crippen LogP contribution < -0.4 is 5.32 Å². The molecule has 2 fully saturated rings. The maximum atomic E-state index is 14.2. The smallest absolute Gasteiger partial charge is 0.290 e. The van der Waals surface area contributed by atoms with Gasteiger partial charge in [-0.05, 0) is 37.5 Å². The number of amidine groups is 1. The molecule has 2 aliphatic heterocycles. The summed E-state index contributed by atoms with van der Waals surface area (Å²) < 4.78 is 21.2. The summed E-state index contributed by atoms with van der Waals surface area (Å²) in [6.45, 7) is 6.41. The molecule has 4 rings (SSSR count). The van der Waals surface area contributed by atoms with E-state index in [9.17, 15) is 4.39 Å². The first-order chi connectivity index (χ1) is 12.4. The predicted octanol–water partition coefficient (Wildman–Crippen LogP) is 4.03. The van der Waals surface area contributed by atoms with Gasteiger partial charge < -0.3 is 4.74 Å². The summed E-state index contributed by atoms with van der Waals surface area (Å²) >= 11 is 3.43. The monoisotopic (exact) mass is 420 g/mol. The van der Waals surface area contributed by atoms with Crippen LogP contribution in [0.2, 0.25) is 0 Å². The van der Waals surface area contributed by atoms with E-state index in [4.69, 9.17) is 4.74 Å². The number of pyridine rings is 1. The maximum absolute atomic E-state index is 14.2. The number of nitrogens with zero attached hydrogens (tertiary/aromatic N) is 3. The van der Waals surface area contributed by atoms with E-state index in [1.165, 1.54) is 6.07 Å². The second kappa shape index (κ2) is 6.46. The van der Waals surface area contributed by atoms with Crippen LogP contribution in [0.15, 0.2) is 33.9 Å². The van der Waals surface area contributed by atoms with Crippen molar-refractivity contribution in [1.82, 2.24) is 9.88 Å². The van der Waals surface area contributed by atoms with Gasteiger partial charge in [0.25, 0.3) is 6.02 Å². The van der Waals surface area contributed by atoms with Gasteiger partial charge in [0.05, 0.1) is 0 Å². The van der Waals surface area contributed by atoms with Crippen molar-refractivity contribution in [2.24, 2.45) is 10.9 Å². The Morgan fingerprint density at radius 1 is 1.46 bits per heavy atom. The van der Waals surface area contributed by atoms with E-state index < -0.39 is 0 Å². The van der Waals surface area contributed by atoms with Crippen molar-refractivity contribution in [3.05, 3.63) is 34.7 Å². The first-order valence-corrected chi connectivity index (χ1v) is 9.59. The number of anilines is 1. The average Bonchev–Trinajstić information content (AvgIpc) is 3.35. The van der Waals surface area contributed by atoms with E-state index in [2.05, 4.69) is 50.0 Å². The van der Waals surface area contributed by atoms with Crippen molar-refractivity contribution in [1.29, 1.82) is 0 Å². The second-order valence-electron chi connectivity index (χ2n) is 7.43. The van der Waals surface area contributed by atoms with Gasteiger partial charge in [0.15, 0.2) is 0 Å². The van der Waals surface area contributed by atoms with Crippen molar-refractivity contribution < 1.29 is 9.13 Å². The van der Waals surface area contributed by atoms with Crippen molar-refractivity contribution in [3.63, 3.8) is 0 Å². The van der Waals surface area contributed by atoms with Crippen molar-refractivity contribution in [2.45, 2.75) is 31.9 Å². The van der Waals surface area contributed by atoms with Gasteiger partial charge >= 0.3 is 0 Å². The zero-order valence-electron chi connectivity index (χ0n) is 15.1. The Balaban J connectivity index is 1.55. The molecule has 2 saturated heterocycles. The molecule has 138 valence electrons. The lowest BCUT2D eigenvalue weighted by molar-refractivity contribution is -0.0153. The van der Waals surface area contributed by atoms with Gasteiger partial charge in [-0.25, -0.2) is 14.4 Å². The number of piperidine rings is 1. The van der Waals surface area contributed by atoms with Crippen LogP contribution in [0.3, 0.4) is 0 Å². The first kappa shape index (κ1) is 17.7. The van der Waals surface area contributed by atoms with E-state index in [-0.39, 0.29) is 11.4 Å². The standard InChI is InChI=1S/C19H22BrFN4O/c1-11-6-12-9-25(12)10-19(11,2)26-18(22-3)24-17-7-13-14(8-23-17)15(20)4-5-16(13)21/h4-5,7-8,11-12H,6,9-10H2,1-3H3,(H,22,23,24). The molecule has 0 aliphatic carbocycles. The lowest BCUT2D eigenvalue weighted by Gasteiger charge is -2.39. The van der Waals surface area contributed by atoms with Crippen molar-refractivity contribution >= 4 is 38.5 Å². The molecule has 1 N–H and O–H groups in total. The third kappa shape index (κ3) is 3.18. The molecule has 1 aromatic carbocycles. The fourth-order valence-electron chi connectivity index (χ4n) is 3.69. The zero-order valence-corrected chi connectivity index (χ0v) is 16.7. The lowest BCUT2D eigenvalue weighted by Crippen LogP contribution is -2.49. The number of fused-ring (bicyclic) bond motifs is 2. The molecule has 7 heteroatoms. The molecule has 4 unspecified atom stereocenters. The van der Waals surface area contributed by atoms with Crippen LogP contribution in [-0.2, 0) is 4.74 Å². The molecule has 3 heterocycles. The molecular weight excluding hydrogens is 399 g/mol. The zero-order chi connectivity index (χ0) is 18.5. The minimum Gasteiger partial charge on any atom is -0.457 e. The van der Waals surface area contributed by atoms with Gasteiger partial charge in [-0.1, -0.05) is 22.9 Å². The highest BCUT2D eigenvalue weighted by Crippen LogP contribution is 2.40. The summed E-state index contributed by atoms with van der Waals surface area (Å²) in [5.41, 5.74) is -0.306. The number of rotatable bonds is 2. The molecule has 0 saturated carbocycles. The number of benzene rings is 1. The Kier molecular flexibility index (Phi) is 4.39. The number of aromatic nitrogens is 1. The molecule has 26 heavy (non-hydrogen) atoms. The van der Waals surface area contributed by atoms with Crippen LogP contribution in [0, 0.1) is 11.7 Å². The number of ether oxygens (including phenoxy) is 1. The summed E-state index contributed by atoms with van der Waals surface area (Å²) in [6.07, 6.45) is 2.78. The van der Waals surface area contributed by atoms with Crippen LogP contribution in [0.4, 0.5) is 10.2 Å². The van der Waals surface area contributed by atoms with Crippen LogP contribution >= 0.6 is 15.9 Å². The van der Waals surface area contributed by atoms with Crippen LogP contribution in [0.25, 0.3) is 10.8 Å². The Morgan fingerprint density at radius 3 is 3.04 bits per heavy atom. The SMILES string of the molecule is CN=C(Nc1cc2c(F)ccc(Br)c2cn1)OC1(C)CN2CC2CC1C. The van der Waals surface area contributed by atoms with Gasteiger partial charge in [0, 0.05) is 47.6 Å². The third-order valence-corrected chi connectivity index (χ3v) is 6.27. The van der Waals surface area contributed by atoms with Gasteiger partial charge in [-0.2, -0.15) is 0 Å². The third-order valence-electron chi connectivity index (χ3n) is 5.58. The molecule has 4 atom stereocenters. The number of hydrogen-bond acceptors (Lipinski definition) is 4. The molecule has 2 aromatic rings. The largest absolute Gasteiger partial charge is 0.457 e. The number of aliphatic imine (C=N–C) groups is 1. The van der Waals surface area contributed by atoms with Crippen molar-refractivity contribution in [2.75, 3.05) is 25.5 Å². The molecule has 0 amide bonds. The van der Waals surface area contributed by atoms with E-state index in [1.54, 1.807) is 25.4 Å². The first-order valence-electron chi connectivity index (χ1n) is 8.80. The Labute approximate surface area is 160 Å².